The fraction of sp³-hybridized carbons (Fsp3) is 0.450. The second kappa shape index (κ2) is 7.42. The van der Waals surface area contributed by atoms with Crippen LogP contribution in [0.15, 0.2) is 36.7 Å². The highest BCUT2D eigenvalue weighted by Gasteiger charge is 2.36. The molecule has 0 bridgehead atoms. The van der Waals surface area contributed by atoms with Crippen LogP contribution >= 0.6 is 0 Å². The zero-order valence-corrected chi connectivity index (χ0v) is 16.2. The second-order valence-electron chi connectivity index (χ2n) is 7.76. The lowest BCUT2D eigenvalue weighted by Crippen LogP contribution is -2.45. The molecule has 7 heteroatoms. The zero-order valence-electron chi connectivity index (χ0n) is 16.2. The molecule has 1 unspecified atom stereocenters. The first-order valence-electron chi connectivity index (χ1n) is 9.13. The molecule has 0 radical (unpaired) electrons. The van der Waals surface area contributed by atoms with Crippen LogP contribution in [0.5, 0.6) is 0 Å². The van der Waals surface area contributed by atoms with Gasteiger partial charge in [0.15, 0.2) is 0 Å². The topological polar surface area (TPSA) is 76.5 Å². The molecule has 0 spiro atoms. The van der Waals surface area contributed by atoms with E-state index in [-0.39, 0.29) is 5.91 Å². The highest BCUT2D eigenvalue weighted by Crippen LogP contribution is 2.24. The van der Waals surface area contributed by atoms with Crippen LogP contribution in [0.2, 0.25) is 0 Å². The van der Waals surface area contributed by atoms with E-state index in [1.165, 1.54) is 4.90 Å². The van der Waals surface area contributed by atoms with E-state index in [4.69, 9.17) is 4.74 Å². The Labute approximate surface area is 159 Å². The number of hydrogen-bond acceptors (Lipinski definition) is 4. The Morgan fingerprint density at radius 2 is 2.07 bits per heavy atom. The largest absolute Gasteiger partial charge is 0.444 e. The number of hydrogen-bond donors (Lipinski definition) is 1. The lowest BCUT2D eigenvalue weighted by atomic mass is 10.1. The van der Waals surface area contributed by atoms with Crippen LogP contribution in [0.25, 0.3) is 11.4 Å². The molecule has 27 heavy (non-hydrogen) atoms. The Morgan fingerprint density at radius 1 is 1.30 bits per heavy atom. The number of carbonyl (C=O) groups excluding carboxylic acids is 2. The van der Waals surface area contributed by atoms with Crippen molar-refractivity contribution in [3.05, 3.63) is 36.7 Å². The van der Waals surface area contributed by atoms with E-state index in [1.54, 1.807) is 6.20 Å². The molecule has 0 saturated carbocycles. The quantitative estimate of drug-likeness (QED) is 0.898. The van der Waals surface area contributed by atoms with Gasteiger partial charge in [0.05, 0.1) is 0 Å². The number of likely N-dealkylation sites (tertiary alicyclic amines) is 1. The first kappa shape index (κ1) is 18.9. The summed E-state index contributed by atoms with van der Waals surface area (Å²) in [5, 5.41) is 2.93. The van der Waals surface area contributed by atoms with Crippen molar-refractivity contribution in [2.24, 2.45) is 7.05 Å². The molecule has 1 aliphatic rings. The average molecular weight is 370 g/mol. The number of nitrogens with one attached hydrogen (secondary N) is 1. The zero-order chi connectivity index (χ0) is 19.6. The lowest BCUT2D eigenvalue weighted by Gasteiger charge is -2.28. The van der Waals surface area contributed by atoms with Gasteiger partial charge in [-0.15, -0.1) is 0 Å². The van der Waals surface area contributed by atoms with Gasteiger partial charge in [-0.25, -0.2) is 9.78 Å². The molecule has 1 fully saturated rings. The van der Waals surface area contributed by atoms with Crippen LogP contribution in [0.3, 0.4) is 0 Å². The summed E-state index contributed by atoms with van der Waals surface area (Å²) in [7, 11) is 1.92. The predicted octanol–water partition coefficient (Wildman–Crippen LogP) is 3.43. The molecule has 1 N–H and O–H groups in total. The standard InChI is InChI=1S/C20H26N4O3/c1-20(2,3)27-19(26)24-11-6-9-16(24)18(25)22-15-8-5-7-14(13-15)17-21-10-12-23(17)4/h5,7-8,10,12-13,16H,6,9,11H2,1-4H3,(H,22,25). The summed E-state index contributed by atoms with van der Waals surface area (Å²) >= 11 is 0. The van der Waals surface area contributed by atoms with Gasteiger partial charge in [0.1, 0.15) is 17.5 Å². The number of aromatic nitrogens is 2. The van der Waals surface area contributed by atoms with Gasteiger partial charge in [-0.1, -0.05) is 12.1 Å². The van der Waals surface area contributed by atoms with E-state index in [0.29, 0.717) is 18.7 Å². The van der Waals surface area contributed by atoms with Crippen molar-refractivity contribution in [3.8, 4) is 11.4 Å². The molecule has 3 rings (SSSR count). The van der Waals surface area contributed by atoms with Crippen LogP contribution in [0, 0.1) is 0 Å². The fourth-order valence-corrected chi connectivity index (χ4v) is 3.18. The highest BCUT2D eigenvalue weighted by molar-refractivity contribution is 5.97. The van der Waals surface area contributed by atoms with Gasteiger partial charge >= 0.3 is 6.09 Å². The van der Waals surface area contributed by atoms with E-state index >= 15 is 0 Å². The molecular formula is C20H26N4O3. The summed E-state index contributed by atoms with van der Waals surface area (Å²) < 4.78 is 7.35. The average Bonchev–Trinajstić information content (AvgIpc) is 3.22. The van der Waals surface area contributed by atoms with Crippen molar-refractivity contribution in [1.82, 2.24) is 14.5 Å². The number of anilines is 1. The third-order valence-electron chi connectivity index (χ3n) is 4.39. The maximum absolute atomic E-state index is 12.8. The fourth-order valence-electron chi connectivity index (χ4n) is 3.18. The number of benzene rings is 1. The minimum absolute atomic E-state index is 0.199. The van der Waals surface area contributed by atoms with Crippen LogP contribution in [-0.4, -0.2) is 44.6 Å². The van der Waals surface area contributed by atoms with Gasteiger partial charge in [-0.3, -0.25) is 9.69 Å². The maximum atomic E-state index is 12.8. The molecule has 2 heterocycles. The summed E-state index contributed by atoms with van der Waals surface area (Å²) in [6.07, 6.45) is 4.58. The van der Waals surface area contributed by atoms with Gasteiger partial charge in [0.2, 0.25) is 5.91 Å². The minimum atomic E-state index is -0.586. The second-order valence-corrected chi connectivity index (χ2v) is 7.76. The van der Waals surface area contributed by atoms with E-state index in [0.717, 1.165) is 17.8 Å². The van der Waals surface area contributed by atoms with Gasteiger partial charge in [0, 0.05) is 37.2 Å². The smallest absolute Gasteiger partial charge is 0.410 e. The Morgan fingerprint density at radius 3 is 2.74 bits per heavy atom. The summed E-state index contributed by atoms with van der Waals surface area (Å²) in [6.45, 7) is 5.98. The summed E-state index contributed by atoms with van der Waals surface area (Å²) in [5.74, 6) is 0.623. The normalized spacial score (nSPS) is 17.0. The number of imidazole rings is 1. The third kappa shape index (κ3) is 4.48. The van der Waals surface area contributed by atoms with Crippen LogP contribution in [-0.2, 0) is 16.6 Å². The molecule has 7 nitrogen and oxygen atoms in total. The van der Waals surface area contributed by atoms with E-state index < -0.39 is 17.7 Å². The number of rotatable bonds is 3. The van der Waals surface area contributed by atoms with E-state index in [1.807, 2.05) is 62.8 Å². The van der Waals surface area contributed by atoms with Crippen LogP contribution in [0.4, 0.5) is 10.5 Å². The van der Waals surface area contributed by atoms with Crippen molar-refractivity contribution in [3.63, 3.8) is 0 Å². The monoisotopic (exact) mass is 370 g/mol. The summed E-state index contributed by atoms with van der Waals surface area (Å²) in [5.41, 5.74) is 1.00. The van der Waals surface area contributed by atoms with Crippen molar-refractivity contribution < 1.29 is 14.3 Å². The molecule has 1 aromatic carbocycles. The molecule has 2 aromatic rings. The number of aryl methyl sites for hydroxylation is 1. The van der Waals surface area contributed by atoms with Crippen molar-refractivity contribution >= 4 is 17.7 Å². The SMILES string of the molecule is Cn1ccnc1-c1cccc(NC(=O)C2CCCN2C(=O)OC(C)(C)C)c1. The van der Waals surface area contributed by atoms with E-state index in [2.05, 4.69) is 10.3 Å². The Balaban J connectivity index is 1.71. The predicted molar refractivity (Wildman–Crippen MR) is 103 cm³/mol. The van der Waals surface area contributed by atoms with Crippen molar-refractivity contribution in [1.29, 1.82) is 0 Å². The van der Waals surface area contributed by atoms with Gasteiger partial charge in [-0.2, -0.15) is 0 Å². The van der Waals surface area contributed by atoms with Gasteiger partial charge in [0.25, 0.3) is 0 Å². The number of amides is 2. The lowest BCUT2D eigenvalue weighted by molar-refractivity contribution is -0.120. The minimum Gasteiger partial charge on any atom is -0.444 e. The molecular weight excluding hydrogens is 344 g/mol. The maximum Gasteiger partial charge on any atom is 0.410 e. The Kier molecular flexibility index (Phi) is 5.21. The first-order chi connectivity index (χ1) is 12.7. The highest BCUT2D eigenvalue weighted by atomic mass is 16.6. The molecule has 1 atom stereocenters. The number of nitrogens with zero attached hydrogens (tertiary/aromatic N) is 3. The van der Waals surface area contributed by atoms with Crippen molar-refractivity contribution in [2.45, 2.75) is 45.3 Å². The Bertz CT molecular complexity index is 838. The van der Waals surface area contributed by atoms with E-state index in [9.17, 15) is 9.59 Å². The molecule has 144 valence electrons. The number of carbonyl (C=O) groups is 2. The first-order valence-corrected chi connectivity index (χ1v) is 9.13. The number of ether oxygens (including phenoxy) is 1. The van der Waals surface area contributed by atoms with Crippen LogP contribution < -0.4 is 5.32 Å². The van der Waals surface area contributed by atoms with Gasteiger partial charge < -0.3 is 14.6 Å². The molecule has 1 saturated heterocycles. The van der Waals surface area contributed by atoms with Crippen molar-refractivity contribution in [2.75, 3.05) is 11.9 Å². The van der Waals surface area contributed by atoms with Gasteiger partial charge in [-0.05, 0) is 45.7 Å². The third-order valence-corrected chi connectivity index (χ3v) is 4.39. The summed E-state index contributed by atoms with van der Waals surface area (Å²) in [6, 6.07) is 7.02. The van der Waals surface area contributed by atoms with Crippen LogP contribution in [0.1, 0.15) is 33.6 Å². The Hall–Kier alpha value is -2.83. The molecule has 0 aliphatic carbocycles. The summed E-state index contributed by atoms with van der Waals surface area (Å²) in [4.78, 5) is 31.0. The molecule has 2 amide bonds. The molecule has 1 aliphatic heterocycles. The molecule has 1 aromatic heterocycles.